The zero-order valence-corrected chi connectivity index (χ0v) is 24.3. The number of sulfonamides is 1. The highest BCUT2D eigenvalue weighted by molar-refractivity contribution is 7.89. The van der Waals surface area contributed by atoms with Gasteiger partial charge in [0, 0.05) is 36.2 Å². The molecule has 0 spiro atoms. The van der Waals surface area contributed by atoms with Crippen molar-refractivity contribution in [3.8, 4) is 22.4 Å². The van der Waals surface area contributed by atoms with Crippen LogP contribution in [-0.2, 0) is 21.2 Å². The van der Waals surface area contributed by atoms with Crippen molar-refractivity contribution in [3.05, 3.63) is 89.3 Å². The van der Waals surface area contributed by atoms with E-state index in [1.165, 1.54) is 39.9 Å². The molecule has 4 aromatic rings. The number of hydrogen-bond donors (Lipinski definition) is 1. The molecule has 3 aromatic carbocycles. The van der Waals surface area contributed by atoms with Crippen LogP contribution in [0.1, 0.15) is 41.4 Å². The van der Waals surface area contributed by atoms with Crippen LogP contribution in [0, 0.1) is 0 Å². The number of rotatable bonds is 10. The SMILES string of the molecule is CCCc1sc(NC(=O)c2ccc(S(=O)(=O)N(C)CC3CCCO3)cc2)nc1-c1ccc(-c2ccccc2)cc1. The fraction of sp³-hybridized carbons (Fsp3) is 0.290. The standard InChI is InChI=1S/C31H33N3O4S2/c1-3-8-28-29(24-14-12-23(13-15-24)22-9-5-4-6-10-22)32-31(39-28)33-30(35)25-16-18-27(19-17-25)40(36,37)34(2)21-26-11-7-20-38-26/h4-6,9-10,12-19,26H,3,7-8,11,20-21H2,1-2H3,(H,32,33,35). The monoisotopic (exact) mass is 575 g/mol. The first-order chi connectivity index (χ1) is 19.3. The lowest BCUT2D eigenvalue weighted by molar-refractivity contribution is 0.0979. The Bertz CT molecular complexity index is 1540. The molecule has 1 aliphatic rings. The molecule has 1 N–H and O–H groups in total. The maximum absolute atomic E-state index is 13.0. The van der Waals surface area contributed by atoms with E-state index in [0.717, 1.165) is 52.9 Å². The third-order valence-corrected chi connectivity index (χ3v) is 9.84. The van der Waals surface area contributed by atoms with Crippen LogP contribution in [-0.4, -0.2) is 49.9 Å². The van der Waals surface area contributed by atoms with Gasteiger partial charge in [0.1, 0.15) is 0 Å². The molecule has 1 fully saturated rings. The summed E-state index contributed by atoms with van der Waals surface area (Å²) in [6, 6.07) is 24.5. The van der Waals surface area contributed by atoms with Gasteiger partial charge >= 0.3 is 0 Å². The van der Waals surface area contributed by atoms with E-state index in [-0.39, 0.29) is 16.9 Å². The number of aromatic nitrogens is 1. The van der Waals surface area contributed by atoms with Crippen molar-refractivity contribution in [1.82, 2.24) is 9.29 Å². The van der Waals surface area contributed by atoms with Gasteiger partial charge in [0.25, 0.3) is 5.91 Å². The Kier molecular flexibility index (Phi) is 8.75. The van der Waals surface area contributed by atoms with Crippen LogP contribution in [0.3, 0.4) is 0 Å². The minimum atomic E-state index is -3.68. The molecule has 40 heavy (non-hydrogen) atoms. The average molecular weight is 576 g/mol. The summed E-state index contributed by atoms with van der Waals surface area (Å²) in [7, 11) is -2.12. The van der Waals surface area contributed by atoms with Crippen molar-refractivity contribution in [1.29, 1.82) is 0 Å². The Hall–Kier alpha value is -3.37. The van der Waals surface area contributed by atoms with Gasteiger partial charge in [-0.1, -0.05) is 67.9 Å². The second-order valence-corrected chi connectivity index (χ2v) is 13.0. The number of hydrogen-bond acceptors (Lipinski definition) is 6. The van der Waals surface area contributed by atoms with Crippen LogP contribution in [0.2, 0.25) is 0 Å². The normalized spacial score (nSPS) is 15.4. The first-order valence-electron chi connectivity index (χ1n) is 13.5. The van der Waals surface area contributed by atoms with E-state index >= 15 is 0 Å². The molecular formula is C31H33N3O4S2. The second-order valence-electron chi connectivity index (χ2n) is 9.88. The molecule has 208 valence electrons. The predicted octanol–water partition coefficient (Wildman–Crippen LogP) is 6.48. The van der Waals surface area contributed by atoms with E-state index in [4.69, 9.17) is 9.72 Å². The molecule has 0 aliphatic carbocycles. The number of nitrogens with zero attached hydrogens (tertiary/aromatic N) is 2. The molecule has 1 atom stereocenters. The number of carbonyl (C=O) groups is 1. The molecule has 1 saturated heterocycles. The van der Waals surface area contributed by atoms with Gasteiger partial charge in [-0.2, -0.15) is 4.31 Å². The van der Waals surface area contributed by atoms with Gasteiger partial charge in [0.05, 0.1) is 16.7 Å². The zero-order chi connectivity index (χ0) is 28.1. The van der Waals surface area contributed by atoms with Gasteiger partial charge in [-0.25, -0.2) is 13.4 Å². The lowest BCUT2D eigenvalue weighted by atomic mass is 10.0. The van der Waals surface area contributed by atoms with Gasteiger partial charge < -0.3 is 4.74 Å². The van der Waals surface area contributed by atoms with Crippen LogP contribution in [0.15, 0.2) is 83.8 Å². The van der Waals surface area contributed by atoms with E-state index < -0.39 is 10.0 Å². The molecule has 0 radical (unpaired) electrons. The van der Waals surface area contributed by atoms with E-state index in [1.807, 2.05) is 18.2 Å². The van der Waals surface area contributed by atoms with Gasteiger partial charge in [-0.05, 0) is 54.7 Å². The average Bonchev–Trinajstić information content (AvgIpc) is 3.64. The topological polar surface area (TPSA) is 88.6 Å². The van der Waals surface area contributed by atoms with E-state index in [1.54, 1.807) is 7.05 Å². The smallest absolute Gasteiger partial charge is 0.257 e. The molecule has 0 saturated carbocycles. The number of aryl methyl sites for hydroxylation is 1. The number of thiazole rings is 1. The Balaban J connectivity index is 1.29. The number of nitrogens with one attached hydrogen (secondary N) is 1. The minimum absolute atomic E-state index is 0.0765. The first-order valence-corrected chi connectivity index (χ1v) is 15.8. The van der Waals surface area contributed by atoms with Gasteiger partial charge in [0.15, 0.2) is 5.13 Å². The fourth-order valence-corrected chi connectivity index (χ4v) is 7.06. The molecule has 1 unspecified atom stereocenters. The van der Waals surface area contributed by atoms with Crippen LogP contribution in [0.5, 0.6) is 0 Å². The number of amides is 1. The lowest BCUT2D eigenvalue weighted by Crippen LogP contribution is -2.34. The summed E-state index contributed by atoms with van der Waals surface area (Å²) in [6.07, 6.45) is 3.55. The second kappa shape index (κ2) is 12.4. The van der Waals surface area contributed by atoms with Gasteiger partial charge in [0.2, 0.25) is 10.0 Å². The summed E-state index contributed by atoms with van der Waals surface area (Å²) in [6.45, 7) is 3.10. The lowest BCUT2D eigenvalue weighted by Gasteiger charge is -2.20. The Morgan fingerprint density at radius 2 is 1.68 bits per heavy atom. The quantitative estimate of drug-likeness (QED) is 0.234. The fourth-order valence-electron chi connectivity index (χ4n) is 4.78. The summed E-state index contributed by atoms with van der Waals surface area (Å²) < 4.78 is 32.9. The highest BCUT2D eigenvalue weighted by atomic mass is 32.2. The molecule has 1 aliphatic heterocycles. The molecular weight excluding hydrogens is 542 g/mol. The molecule has 7 nitrogen and oxygen atoms in total. The molecule has 1 aromatic heterocycles. The summed E-state index contributed by atoms with van der Waals surface area (Å²) >= 11 is 1.47. The largest absolute Gasteiger partial charge is 0.377 e. The van der Waals surface area contributed by atoms with E-state index in [0.29, 0.717) is 23.8 Å². The summed E-state index contributed by atoms with van der Waals surface area (Å²) in [5, 5.41) is 3.42. The van der Waals surface area contributed by atoms with Crippen molar-refractivity contribution in [2.75, 3.05) is 25.5 Å². The molecule has 9 heteroatoms. The molecule has 2 heterocycles. The zero-order valence-electron chi connectivity index (χ0n) is 22.7. The molecule has 1 amide bonds. The third-order valence-electron chi connectivity index (χ3n) is 6.97. The highest BCUT2D eigenvalue weighted by Gasteiger charge is 2.26. The molecule has 5 rings (SSSR count). The van der Waals surface area contributed by atoms with Crippen LogP contribution < -0.4 is 5.32 Å². The highest BCUT2D eigenvalue weighted by Crippen LogP contribution is 2.34. The Morgan fingerprint density at radius 1 is 1.00 bits per heavy atom. The van der Waals surface area contributed by atoms with E-state index in [2.05, 4.69) is 48.6 Å². The summed E-state index contributed by atoms with van der Waals surface area (Å²) in [5.74, 6) is -0.334. The van der Waals surface area contributed by atoms with Crippen molar-refractivity contribution in [2.45, 2.75) is 43.6 Å². The Morgan fingerprint density at radius 3 is 2.33 bits per heavy atom. The predicted molar refractivity (Wildman–Crippen MR) is 160 cm³/mol. The van der Waals surface area contributed by atoms with Crippen LogP contribution >= 0.6 is 11.3 Å². The summed E-state index contributed by atoms with van der Waals surface area (Å²) in [4.78, 5) is 19.1. The van der Waals surface area contributed by atoms with Crippen molar-refractivity contribution in [2.24, 2.45) is 0 Å². The minimum Gasteiger partial charge on any atom is -0.377 e. The van der Waals surface area contributed by atoms with Crippen molar-refractivity contribution >= 4 is 32.4 Å². The number of benzene rings is 3. The van der Waals surface area contributed by atoms with Crippen molar-refractivity contribution in [3.63, 3.8) is 0 Å². The Labute approximate surface area is 239 Å². The number of anilines is 1. The summed E-state index contributed by atoms with van der Waals surface area (Å²) in [5.41, 5.74) is 4.52. The van der Waals surface area contributed by atoms with Crippen LogP contribution in [0.4, 0.5) is 5.13 Å². The maximum atomic E-state index is 13.0. The third kappa shape index (κ3) is 6.33. The van der Waals surface area contributed by atoms with Gasteiger partial charge in [-0.15, -0.1) is 11.3 Å². The van der Waals surface area contributed by atoms with Crippen molar-refractivity contribution < 1.29 is 17.9 Å². The number of ether oxygens (including phenoxy) is 1. The van der Waals surface area contributed by atoms with E-state index in [9.17, 15) is 13.2 Å². The maximum Gasteiger partial charge on any atom is 0.257 e. The number of carbonyl (C=O) groups excluding carboxylic acids is 1. The first kappa shape index (κ1) is 28.2. The van der Waals surface area contributed by atoms with Crippen LogP contribution in [0.25, 0.3) is 22.4 Å². The van der Waals surface area contributed by atoms with Gasteiger partial charge in [-0.3, -0.25) is 10.1 Å². The molecule has 0 bridgehead atoms. The number of likely N-dealkylation sites (N-methyl/N-ethyl adjacent to an activating group) is 1.